The zero-order valence-corrected chi connectivity index (χ0v) is 11.5. The summed E-state index contributed by atoms with van der Waals surface area (Å²) >= 11 is 0. The van der Waals surface area contributed by atoms with E-state index in [9.17, 15) is 5.11 Å². The van der Waals surface area contributed by atoms with Gasteiger partial charge in [0.15, 0.2) is 0 Å². The van der Waals surface area contributed by atoms with Crippen LogP contribution in [0.15, 0.2) is 36.4 Å². The van der Waals surface area contributed by atoms with Crippen LogP contribution in [-0.4, -0.2) is 17.8 Å². The van der Waals surface area contributed by atoms with E-state index >= 15 is 0 Å². The molecule has 0 heterocycles. The molecule has 2 rings (SSSR count). The molecule has 0 aliphatic carbocycles. The van der Waals surface area contributed by atoms with Crippen molar-refractivity contribution in [2.75, 3.05) is 6.61 Å². The van der Waals surface area contributed by atoms with E-state index in [-0.39, 0.29) is 6.04 Å². The van der Waals surface area contributed by atoms with Gasteiger partial charge in [0.05, 0.1) is 6.10 Å². The predicted molar refractivity (Wildman–Crippen MR) is 78.3 cm³/mol. The summed E-state index contributed by atoms with van der Waals surface area (Å²) in [7, 11) is 0. The van der Waals surface area contributed by atoms with Gasteiger partial charge in [-0.1, -0.05) is 43.3 Å². The highest BCUT2D eigenvalue weighted by atomic mass is 16.5. The Kier molecular flexibility index (Phi) is 4.40. The molecule has 0 bridgehead atoms. The number of fused-ring (bicyclic) bond motifs is 1. The summed E-state index contributed by atoms with van der Waals surface area (Å²) in [6.45, 7) is 4.17. The molecule has 0 fully saturated rings. The monoisotopic (exact) mass is 259 g/mol. The standard InChI is InChI=1S/C16H21NO2/c1-3-13(18)10-19-16-14(11(2)17)9-8-12-6-4-5-7-15(12)16/h4-9,11,13,18H,3,10,17H2,1-2H3/t11-,13?/m1/s1. The van der Waals surface area contributed by atoms with Crippen molar-refractivity contribution in [3.8, 4) is 5.75 Å². The second kappa shape index (κ2) is 6.04. The number of aliphatic hydroxyl groups excluding tert-OH is 1. The Hall–Kier alpha value is -1.58. The minimum atomic E-state index is -0.445. The number of hydrogen-bond donors (Lipinski definition) is 2. The predicted octanol–water partition coefficient (Wildman–Crippen LogP) is 3.01. The third kappa shape index (κ3) is 3.06. The van der Waals surface area contributed by atoms with Gasteiger partial charge in [0.2, 0.25) is 0 Å². The Morgan fingerprint density at radius 2 is 1.95 bits per heavy atom. The molecular formula is C16H21NO2. The topological polar surface area (TPSA) is 55.5 Å². The highest BCUT2D eigenvalue weighted by molar-refractivity contribution is 5.89. The molecule has 0 amide bonds. The van der Waals surface area contributed by atoms with Gasteiger partial charge < -0.3 is 15.6 Å². The van der Waals surface area contributed by atoms with Gasteiger partial charge >= 0.3 is 0 Å². The molecule has 0 spiro atoms. The summed E-state index contributed by atoms with van der Waals surface area (Å²) < 4.78 is 5.83. The third-order valence-electron chi connectivity index (χ3n) is 3.29. The van der Waals surface area contributed by atoms with Crippen LogP contribution < -0.4 is 10.5 Å². The first kappa shape index (κ1) is 13.8. The molecule has 0 aliphatic heterocycles. The van der Waals surface area contributed by atoms with Crippen LogP contribution in [0.2, 0.25) is 0 Å². The van der Waals surface area contributed by atoms with E-state index in [0.29, 0.717) is 13.0 Å². The van der Waals surface area contributed by atoms with Gasteiger partial charge in [0.1, 0.15) is 12.4 Å². The van der Waals surface area contributed by atoms with Crippen LogP contribution in [0.3, 0.4) is 0 Å². The van der Waals surface area contributed by atoms with Gasteiger partial charge in [-0.2, -0.15) is 0 Å². The molecule has 0 aliphatic rings. The first-order chi connectivity index (χ1) is 9.13. The molecule has 2 atom stereocenters. The van der Waals surface area contributed by atoms with Crippen LogP contribution in [0.5, 0.6) is 5.75 Å². The molecule has 2 aromatic rings. The molecule has 0 radical (unpaired) electrons. The van der Waals surface area contributed by atoms with Crippen molar-refractivity contribution in [3.63, 3.8) is 0 Å². The van der Waals surface area contributed by atoms with Crippen molar-refractivity contribution >= 4 is 10.8 Å². The lowest BCUT2D eigenvalue weighted by Gasteiger charge is -2.18. The Morgan fingerprint density at radius 3 is 2.63 bits per heavy atom. The van der Waals surface area contributed by atoms with Crippen LogP contribution in [0.4, 0.5) is 0 Å². The quantitative estimate of drug-likeness (QED) is 0.867. The van der Waals surface area contributed by atoms with Crippen LogP contribution in [-0.2, 0) is 0 Å². The summed E-state index contributed by atoms with van der Waals surface area (Å²) in [5.74, 6) is 0.792. The van der Waals surface area contributed by atoms with E-state index in [2.05, 4.69) is 6.07 Å². The minimum absolute atomic E-state index is 0.0987. The van der Waals surface area contributed by atoms with E-state index in [1.54, 1.807) is 0 Å². The molecule has 2 aromatic carbocycles. The van der Waals surface area contributed by atoms with Gasteiger partial charge in [-0.25, -0.2) is 0 Å². The second-order valence-electron chi connectivity index (χ2n) is 4.87. The molecule has 19 heavy (non-hydrogen) atoms. The Bertz CT molecular complexity index is 551. The minimum Gasteiger partial charge on any atom is -0.490 e. The molecule has 102 valence electrons. The number of aliphatic hydroxyl groups is 1. The molecular weight excluding hydrogens is 238 g/mol. The molecule has 0 saturated carbocycles. The summed E-state index contributed by atoms with van der Waals surface area (Å²) in [6.07, 6.45) is 0.234. The summed E-state index contributed by atoms with van der Waals surface area (Å²) in [5, 5.41) is 11.8. The molecule has 1 unspecified atom stereocenters. The average molecular weight is 259 g/mol. The molecule has 3 N–H and O–H groups in total. The zero-order valence-electron chi connectivity index (χ0n) is 11.5. The van der Waals surface area contributed by atoms with Crippen LogP contribution in [0.25, 0.3) is 10.8 Å². The number of rotatable bonds is 5. The summed E-state index contributed by atoms with van der Waals surface area (Å²) in [5.41, 5.74) is 6.98. The van der Waals surface area contributed by atoms with Crippen molar-refractivity contribution in [3.05, 3.63) is 42.0 Å². The van der Waals surface area contributed by atoms with Crippen molar-refractivity contribution in [1.29, 1.82) is 0 Å². The maximum Gasteiger partial charge on any atom is 0.132 e. The molecule has 0 saturated heterocycles. The lowest BCUT2D eigenvalue weighted by molar-refractivity contribution is 0.104. The number of benzene rings is 2. The fraction of sp³-hybridized carbons (Fsp3) is 0.375. The molecule has 0 aromatic heterocycles. The fourth-order valence-corrected chi connectivity index (χ4v) is 2.08. The highest BCUT2D eigenvalue weighted by Crippen LogP contribution is 2.33. The fourth-order valence-electron chi connectivity index (χ4n) is 2.08. The maximum atomic E-state index is 9.66. The van der Waals surface area contributed by atoms with E-state index in [4.69, 9.17) is 10.5 Å². The van der Waals surface area contributed by atoms with Gasteiger partial charge in [0, 0.05) is 17.0 Å². The summed E-state index contributed by atoms with van der Waals surface area (Å²) in [4.78, 5) is 0. The van der Waals surface area contributed by atoms with E-state index < -0.39 is 6.10 Å². The van der Waals surface area contributed by atoms with Gasteiger partial charge in [-0.3, -0.25) is 0 Å². The average Bonchev–Trinajstić information content (AvgIpc) is 2.43. The second-order valence-corrected chi connectivity index (χ2v) is 4.87. The van der Waals surface area contributed by atoms with Crippen LogP contribution in [0.1, 0.15) is 31.9 Å². The normalized spacial score (nSPS) is 14.3. The lowest BCUT2D eigenvalue weighted by atomic mass is 10.0. The first-order valence-corrected chi connectivity index (χ1v) is 6.71. The van der Waals surface area contributed by atoms with E-state index in [1.807, 2.05) is 44.2 Å². The van der Waals surface area contributed by atoms with Crippen LogP contribution >= 0.6 is 0 Å². The van der Waals surface area contributed by atoms with Crippen molar-refractivity contribution in [2.45, 2.75) is 32.4 Å². The lowest BCUT2D eigenvalue weighted by Crippen LogP contribution is -2.18. The molecule has 3 nitrogen and oxygen atoms in total. The summed E-state index contributed by atoms with van der Waals surface area (Å²) in [6, 6.07) is 12.0. The van der Waals surface area contributed by atoms with Gasteiger partial charge in [0.25, 0.3) is 0 Å². The molecule has 3 heteroatoms. The van der Waals surface area contributed by atoms with Crippen LogP contribution in [0, 0.1) is 0 Å². The highest BCUT2D eigenvalue weighted by Gasteiger charge is 2.13. The zero-order chi connectivity index (χ0) is 13.8. The first-order valence-electron chi connectivity index (χ1n) is 6.71. The van der Waals surface area contributed by atoms with E-state index in [1.165, 1.54) is 0 Å². The van der Waals surface area contributed by atoms with E-state index in [0.717, 1.165) is 22.1 Å². The Morgan fingerprint density at radius 1 is 1.21 bits per heavy atom. The SMILES string of the molecule is CCC(O)COc1c([C@@H](C)N)ccc2ccccc12. The van der Waals surface area contributed by atoms with Crippen molar-refractivity contribution < 1.29 is 9.84 Å². The smallest absolute Gasteiger partial charge is 0.132 e. The third-order valence-corrected chi connectivity index (χ3v) is 3.29. The largest absolute Gasteiger partial charge is 0.490 e. The van der Waals surface area contributed by atoms with Crippen molar-refractivity contribution in [1.82, 2.24) is 0 Å². The maximum absolute atomic E-state index is 9.66. The Labute approximate surface area is 114 Å². The van der Waals surface area contributed by atoms with Crippen molar-refractivity contribution in [2.24, 2.45) is 5.73 Å². The van der Waals surface area contributed by atoms with Gasteiger partial charge in [-0.15, -0.1) is 0 Å². The van der Waals surface area contributed by atoms with Gasteiger partial charge in [-0.05, 0) is 18.7 Å². The number of ether oxygens (including phenoxy) is 1. The number of hydrogen-bond acceptors (Lipinski definition) is 3. The Balaban J connectivity index is 2.43. The number of nitrogens with two attached hydrogens (primary N) is 1.